The van der Waals surface area contributed by atoms with Gasteiger partial charge < -0.3 is 23.9 Å². The monoisotopic (exact) mass is 492 g/mol. The van der Waals surface area contributed by atoms with Crippen LogP contribution in [-0.2, 0) is 22.6 Å². The summed E-state index contributed by atoms with van der Waals surface area (Å²) in [5.41, 5.74) is 1.05. The lowest BCUT2D eigenvalue weighted by Gasteiger charge is -2.42. The SMILES string of the molecule is COC(=O)C[C@@H](c1ccc(O)cc1)c1oc(CN2C[C@@H]3C[C@H](C2)c2cccc(=O)n2C3)cc(=O)c1O. The number of fused-ring (bicyclic) bond motifs is 4. The normalized spacial score (nSPS) is 19.9. The van der Waals surface area contributed by atoms with Crippen molar-refractivity contribution in [2.24, 2.45) is 5.92 Å². The third-order valence-electron chi connectivity index (χ3n) is 7.15. The molecule has 3 aromatic rings. The predicted octanol–water partition coefficient (Wildman–Crippen LogP) is 2.53. The standard InChI is InChI=1S/C27H28N2O7/c1-35-25(33)11-21(17-5-7-19(30)8-6-17)27-26(34)23(31)10-20(36-27)15-28-12-16-9-18(14-28)22-3-2-4-24(32)29(22)13-16/h2-8,10,16,18,21,30,34H,9,11-15H2,1H3/t16-,18+,21-/m0/s1. The summed E-state index contributed by atoms with van der Waals surface area (Å²) in [5, 5.41) is 20.3. The van der Waals surface area contributed by atoms with E-state index in [4.69, 9.17) is 9.15 Å². The van der Waals surface area contributed by atoms with Crippen molar-refractivity contribution in [1.29, 1.82) is 0 Å². The summed E-state index contributed by atoms with van der Waals surface area (Å²) in [7, 11) is 1.27. The Bertz CT molecular complexity index is 1390. The molecule has 0 saturated carbocycles. The number of methoxy groups -OCH3 is 1. The van der Waals surface area contributed by atoms with Crippen molar-refractivity contribution in [2.45, 2.75) is 37.8 Å². The number of esters is 1. The van der Waals surface area contributed by atoms with Gasteiger partial charge in [-0.25, -0.2) is 0 Å². The highest BCUT2D eigenvalue weighted by atomic mass is 16.5. The first-order valence-electron chi connectivity index (χ1n) is 12.0. The summed E-state index contributed by atoms with van der Waals surface area (Å²) in [5.74, 6) is -0.917. The topological polar surface area (TPSA) is 122 Å². The Hall–Kier alpha value is -3.85. The van der Waals surface area contributed by atoms with Gasteiger partial charge in [-0.3, -0.25) is 19.3 Å². The van der Waals surface area contributed by atoms with Gasteiger partial charge >= 0.3 is 5.97 Å². The fraction of sp³-hybridized carbons (Fsp3) is 0.370. The molecule has 9 nitrogen and oxygen atoms in total. The van der Waals surface area contributed by atoms with Gasteiger partial charge in [0.2, 0.25) is 11.2 Å². The smallest absolute Gasteiger partial charge is 0.306 e. The van der Waals surface area contributed by atoms with Crippen LogP contribution in [0.15, 0.2) is 62.5 Å². The Morgan fingerprint density at radius 3 is 2.64 bits per heavy atom. The van der Waals surface area contributed by atoms with Gasteiger partial charge in [-0.2, -0.15) is 0 Å². The first-order chi connectivity index (χ1) is 17.3. The number of aromatic nitrogens is 1. The van der Waals surface area contributed by atoms with E-state index in [0.717, 1.165) is 18.7 Å². The molecular formula is C27H28N2O7. The van der Waals surface area contributed by atoms with Crippen LogP contribution in [0.3, 0.4) is 0 Å². The molecule has 1 saturated heterocycles. The lowest BCUT2D eigenvalue weighted by Crippen LogP contribution is -2.46. The average Bonchev–Trinajstić information content (AvgIpc) is 2.86. The van der Waals surface area contributed by atoms with Gasteiger partial charge in [-0.1, -0.05) is 18.2 Å². The molecule has 5 rings (SSSR count). The molecule has 0 radical (unpaired) electrons. The quantitative estimate of drug-likeness (QED) is 0.504. The number of hydrogen-bond acceptors (Lipinski definition) is 8. The summed E-state index contributed by atoms with van der Waals surface area (Å²) >= 11 is 0. The molecule has 2 aliphatic heterocycles. The summed E-state index contributed by atoms with van der Waals surface area (Å²) < 4.78 is 12.8. The van der Waals surface area contributed by atoms with E-state index in [0.29, 0.717) is 36.9 Å². The Labute approximate surface area is 207 Å². The predicted molar refractivity (Wildman–Crippen MR) is 130 cm³/mol. The lowest BCUT2D eigenvalue weighted by atomic mass is 9.83. The maximum atomic E-state index is 12.7. The number of piperidine rings is 1. The molecule has 188 valence electrons. The molecule has 1 aromatic carbocycles. The number of pyridine rings is 1. The highest BCUT2D eigenvalue weighted by molar-refractivity contribution is 5.71. The van der Waals surface area contributed by atoms with Crippen LogP contribution in [0.1, 0.15) is 47.5 Å². The van der Waals surface area contributed by atoms with E-state index >= 15 is 0 Å². The molecule has 2 N–H and O–H groups in total. The number of phenolic OH excluding ortho intramolecular Hbond substituents is 1. The van der Waals surface area contributed by atoms with E-state index in [1.54, 1.807) is 24.3 Å². The van der Waals surface area contributed by atoms with Gasteiger partial charge in [-0.05, 0) is 36.1 Å². The number of likely N-dealkylation sites (tertiary alicyclic amines) is 1. The molecule has 1 fully saturated rings. The second-order valence-corrected chi connectivity index (χ2v) is 9.61. The molecule has 4 heterocycles. The van der Waals surface area contributed by atoms with Crippen LogP contribution < -0.4 is 11.0 Å². The largest absolute Gasteiger partial charge is 0.508 e. The Kier molecular flexibility index (Phi) is 6.40. The number of aromatic hydroxyl groups is 2. The van der Waals surface area contributed by atoms with E-state index in [1.807, 2.05) is 10.6 Å². The Morgan fingerprint density at radius 1 is 1.11 bits per heavy atom. The third kappa shape index (κ3) is 4.66. The minimum Gasteiger partial charge on any atom is -0.508 e. The van der Waals surface area contributed by atoms with Crippen LogP contribution in [0.2, 0.25) is 0 Å². The van der Waals surface area contributed by atoms with Gasteiger partial charge in [0.25, 0.3) is 5.56 Å². The molecular weight excluding hydrogens is 464 g/mol. The van der Waals surface area contributed by atoms with Crippen LogP contribution in [0.5, 0.6) is 11.5 Å². The van der Waals surface area contributed by atoms with Gasteiger partial charge in [-0.15, -0.1) is 0 Å². The molecule has 0 spiro atoms. The van der Waals surface area contributed by atoms with E-state index in [9.17, 15) is 24.6 Å². The number of nitrogens with zero attached hydrogens (tertiary/aromatic N) is 2. The molecule has 9 heteroatoms. The Morgan fingerprint density at radius 2 is 1.89 bits per heavy atom. The first-order valence-corrected chi connectivity index (χ1v) is 12.0. The highest BCUT2D eigenvalue weighted by Crippen LogP contribution is 2.37. The maximum absolute atomic E-state index is 12.7. The number of rotatable bonds is 6. The van der Waals surface area contributed by atoms with Crippen LogP contribution in [0.25, 0.3) is 0 Å². The Balaban J connectivity index is 1.44. The fourth-order valence-corrected chi connectivity index (χ4v) is 5.53. The molecule has 2 aliphatic rings. The van der Waals surface area contributed by atoms with Crippen LogP contribution >= 0.6 is 0 Å². The van der Waals surface area contributed by atoms with Crippen molar-refractivity contribution < 1.29 is 24.2 Å². The zero-order chi connectivity index (χ0) is 25.4. The number of benzene rings is 1. The number of ether oxygens (including phenoxy) is 1. The molecule has 36 heavy (non-hydrogen) atoms. The highest BCUT2D eigenvalue weighted by Gasteiger charge is 2.35. The number of phenols is 1. The first kappa shape index (κ1) is 23.9. The van der Waals surface area contributed by atoms with Crippen LogP contribution in [0, 0.1) is 5.92 Å². The second-order valence-electron chi connectivity index (χ2n) is 9.61. The summed E-state index contributed by atoms with van der Waals surface area (Å²) in [4.78, 5) is 39.4. The van der Waals surface area contributed by atoms with Crippen molar-refractivity contribution in [3.05, 3.63) is 91.9 Å². The van der Waals surface area contributed by atoms with Gasteiger partial charge in [0.05, 0.1) is 26.0 Å². The lowest BCUT2D eigenvalue weighted by molar-refractivity contribution is -0.140. The second kappa shape index (κ2) is 9.66. The minimum atomic E-state index is -0.773. The van der Waals surface area contributed by atoms with Crippen LogP contribution in [0.4, 0.5) is 0 Å². The van der Waals surface area contributed by atoms with Crippen molar-refractivity contribution in [3.8, 4) is 11.5 Å². The summed E-state index contributed by atoms with van der Waals surface area (Å²) in [6, 6.07) is 12.8. The number of carbonyl (C=O) groups excluding carboxylic acids is 1. The average molecular weight is 493 g/mol. The van der Waals surface area contributed by atoms with E-state index < -0.39 is 23.1 Å². The minimum absolute atomic E-state index is 0.0114. The van der Waals surface area contributed by atoms with Crippen molar-refractivity contribution in [2.75, 3.05) is 20.2 Å². The molecule has 2 aromatic heterocycles. The van der Waals surface area contributed by atoms with Crippen molar-refractivity contribution in [1.82, 2.24) is 9.47 Å². The fourth-order valence-electron chi connectivity index (χ4n) is 5.53. The van der Waals surface area contributed by atoms with Gasteiger partial charge in [0.1, 0.15) is 11.5 Å². The summed E-state index contributed by atoms with van der Waals surface area (Å²) in [6.07, 6.45) is 0.855. The third-order valence-corrected chi connectivity index (χ3v) is 7.15. The molecule has 0 amide bonds. The zero-order valence-corrected chi connectivity index (χ0v) is 19.9. The molecule has 3 atom stereocenters. The zero-order valence-electron chi connectivity index (χ0n) is 19.9. The van der Waals surface area contributed by atoms with Crippen molar-refractivity contribution in [3.63, 3.8) is 0 Å². The maximum Gasteiger partial charge on any atom is 0.306 e. The van der Waals surface area contributed by atoms with E-state index in [1.165, 1.54) is 25.3 Å². The number of hydrogen-bond donors (Lipinski definition) is 2. The van der Waals surface area contributed by atoms with Crippen molar-refractivity contribution >= 4 is 5.97 Å². The van der Waals surface area contributed by atoms with E-state index in [2.05, 4.69) is 4.90 Å². The molecule has 0 aliphatic carbocycles. The molecule has 2 bridgehead atoms. The molecule has 0 unspecified atom stereocenters. The van der Waals surface area contributed by atoms with Crippen LogP contribution in [-0.4, -0.2) is 45.8 Å². The summed E-state index contributed by atoms with van der Waals surface area (Å²) in [6.45, 7) is 2.48. The van der Waals surface area contributed by atoms with E-state index in [-0.39, 0.29) is 29.4 Å². The van der Waals surface area contributed by atoms with Gasteiger partial charge in [0.15, 0.2) is 5.76 Å². The number of carbonyl (C=O) groups is 1. The van der Waals surface area contributed by atoms with Gasteiger partial charge in [0, 0.05) is 43.4 Å².